The summed E-state index contributed by atoms with van der Waals surface area (Å²) in [4.78, 5) is 14.8. The zero-order chi connectivity index (χ0) is 22.1. The van der Waals surface area contributed by atoms with Gasteiger partial charge in [-0.3, -0.25) is 4.98 Å². The summed E-state index contributed by atoms with van der Waals surface area (Å²) in [6.07, 6.45) is 3.79. The minimum absolute atomic E-state index is 0.229. The van der Waals surface area contributed by atoms with Gasteiger partial charge in [0.1, 0.15) is 5.52 Å². The van der Waals surface area contributed by atoms with E-state index in [1.54, 1.807) is 23.1 Å². The summed E-state index contributed by atoms with van der Waals surface area (Å²) in [5.41, 5.74) is 11.1. The van der Waals surface area contributed by atoms with E-state index in [-0.39, 0.29) is 5.82 Å². The fraction of sp³-hybridized carbons (Fsp3) is 0.130. The van der Waals surface area contributed by atoms with E-state index in [2.05, 4.69) is 26.1 Å². The Morgan fingerprint density at radius 2 is 1.88 bits per heavy atom. The summed E-state index contributed by atoms with van der Waals surface area (Å²) < 4.78 is 5.71. The molecule has 0 saturated heterocycles. The van der Waals surface area contributed by atoms with E-state index in [1.165, 1.54) is 6.39 Å². The second-order valence-corrected chi connectivity index (χ2v) is 7.21. The van der Waals surface area contributed by atoms with E-state index in [1.807, 2.05) is 37.3 Å². The third-order valence-electron chi connectivity index (χ3n) is 5.17. The van der Waals surface area contributed by atoms with Crippen molar-refractivity contribution in [2.75, 3.05) is 5.73 Å². The molecule has 0 radical (unpaired) electrons. The number of pyridine rings is 2. The van der Waals surface area contributed by atoms with Gasteiger partial charge in [0.2, 0.25) is 0 Å². The number of oxazole rings is 1. The van der Waals surface area contributed by atoms with Gasteiger partial charge >= 0.3 is 0 Å². The van der Waals surface area contributed by atoms with E-state index in [0.29, 0.717) is 57.8 Å². The summed E-state index contributed by atoms with van der Waals surface area (Å²) >= 11 is 0. The van der Waals surface area contributed by atoms with Crippen molar-refractivity contribution >= 4 is 16.9 Å². The van der Waals surface area contributed by atoms with Gasteiger partial charge in [-0.15, -0.1) is 5.10 Å². The number of anilines is 1. The van der Waals surface area contributed by atoms with Crippen LogP contribution < -0.4 is 5.73 Å². The van der Waals surface area contributed by atoms with Gasteiger partial charge in [-0.2, -0.15) is 15.2 Å². The molecule has 0 atom stereocenters. The summed E-state index contributed by atoms with van der Waals surface area (Å²) in [7, 11) is 0. The molecule has 9 heteroatoms. The van der Waals surface area contributed by atoms with Crippen molar-refractivity contribution in [3.05, 3.63) is 72.0 Å². The van der Waals surface area contributed by atoms with Crippen molar-refractivity contribution in [2.45, 2.75) is 19.9 Å². The molecule has 4 aromatic heterocycles. The number of rotatable bonds is 5. The first-order chi connectivity index (χ1) is 15.7. The lowest BCUT2D eigenvalue weighted by Crippen LogP contribution is -2.05. The van der Waals surface area contributed by atoms with Gasteiger partial charge in [0.15, 0.2) is 23.5 Å². The third kappa shape index (κ3) is 3.33. The molecule has 0 fully saturated rings. The molecular weight excluding hydrogens is 404 g/mol. The Morgan fingerprint density at radius 1 is 1.06 bits per heavy atom. The Bertz CT molecular complexity index is 1460. The van der Waals surface area contributed by atoms with Gasteiger partial charge in [0.25, 0.3) is 0 Å². The molecule has 1 aromatic carbocycles. The number of nitrogens with zero attached hydrogens (tertiary/aromatic N) is 7. The number of nitrogen functional groups attached to an aromatic ring is 1. The predicted octanol–water partition coefficient (Wildman–Crippen LogP) is 3.55. The maximum Gasteiger partial charge on any atom is 0.181 e. The minimum Gasteiger partial charge on any atom is -0.443 e. The molecule has 0 aliphatic carbocycles. The maximum absolute atomic E-state index is 9.64. The van der Waals surface area contributed by atoms with Crippen LogP contribution in [0.3, 0.4) is 0 Å². The number of benzene rings is 1. The van der Waals surface area contributed by atoms with Crippen LogP contribution in [0.5, 0.6) is 0 Å². The van der Waals surface area contributed by atoms with E-state index in [0.717, 1.165) is 5.69 Å². The average molecular weight is 422 g/mol. The van der Waals surface area contributed by atoms with Crippen molar-refractivity contribution in [3.63, 3.8) is 0 Å². The maximum atomic E-state index is 9.64. The highest BCUT2D eigenvalue weighted by Gasteiger charge is 2.25. The van der Waals surface area contributed by atoms with E-state index in [4.69, 9.17) is 15.2 Å². The van der Waals surface area contributed by atoms with E-state index < -0.39 is 0 Å². The summed E-state index contributed by atoms with van der Waals surface area (Å²) in [5.74, 6) is 0.745. The van der Waals surface area contributed by atoms with Crippen LogP contribution >= 0.6 is 0 Å². The topological polar surface area (TPSA) is 132 Å². The largest absolute Gasteiger partial charge is 0.443 e. The molecule has 0 unspecified atom stereocenters. The molecule has 2 N–H and O–H groups in total. The normalized spacial score (nSPS) is 11.0. The van der Waals surface area contributed by atoms with Crippen LogP contribution in [-0.4, -0.2) is 29.9 Å². The molecular formula is C23H18N8O. The second kappa shape index (κ2) is 7.92. The second-order valence-electron chi connectivity index (χ2n) is 7.21. The van der Waals surface area contributed by atoms with Crippen LogP contribution in [0.25, 0.3) is 33.6 Å². The number of aromatic nitrogens is 6. The van der Waals surface area contributed by atoms with E-state index in [9.17, 15) is 5.26 Å². The molecule has 5 aromatic rings. The van der Waals surface area contributed by atoms with Gasteiger partial charge in [0, 0.05) is 23.9 Å². The number of hydrogen-bond donors (Lipinski definition) is 1. The van der Waals surface area contributed by atoms with Gasteiger partial charge < -0.3 is 10.2 Å². The number of nitriles is 1. The molecule has 9 nitrogen and oxygen atoms in total. The van der Waals surface area contributed by atoms with Crippen LogP contribution in [0.15, 0.2) is 59.5 Å². The summed E-state index contributed by atoms with van der Waals surface area (Å²) in [5, 5.41) is 18.9. The number of aryl methyl sites for hydroxylation is 3. The standard InChI is InChI=1S/C23H18N8O/c1-14-22(32-13-27-14)18-19(17-8-3-2-6-15(17)12-24)28-23(25)21-20(18)29-31(30-21)11-9-16-7-4-5-10-26-16/h2-8,10,13H,9,11H2,1H3,(H2,25,28). The Kier molecular flexibility index (Phi) is 4.80. The Hall–Kier alpha value is -4.58. The smallest absolute Gasteiger partial charge is 0.181 e. The van der Waals surface area contributed by atoms with Crippen LogP contribution in [0, 0.1) is 18.3 Å². The first kappa shape index (κ1) is 19.4. The molecule has 156 valence electrons. The monoisotopic (exact) mass is 422 g/mol. The number of hydrogen-bond acceptors (Lipinski definition) is 8. The summed E-state index contributed by atoms with van der Waals surface area (Å²) in [6.45, 7) is 2.36. The first-order valence-electron chi connectivity index (χ1n) is 10.00. The molecule has 0 bridgehead atoms. The van der Waals surface area contributed by atoms with Gasteiger partial charge in [-0.05, 0) is 25.1 Å². The molecule has 0 spiro atoms. The predicted molar refractivity (Wildman–Crippen MR) is 118 cm³/mol. The van der Waals surface area contributed by atoms with Crippen molar-refractivity contribution in [1.29, 1.82) is 5.26 Å². The van der Waals surface area contributed by atoms with Crippen LogP contribution in [-0.2, 0) is 13.0 Å². The fourth-order valence-electron chi connectivity index (χ4n) is 3.63. The SMILES string of the molecule is Cc1ncoc1-c1c(-c2ccccc2C#N)nc(N)c2nn(CCc3ccccn3)nc12. The fourth-order valence-corrected chi connectivity index (χ4v) is 3.63. The highest BCUT2D eigenvalue weighted by Crippen LogP contribution is 2.39. The van der Waals surface area contributed by atoms with E-state index >= 15 is 0 Å². The molecule has 32 heavy (non-hydrogen) atoms. The minimum atomic E-state index is 0.229. The summed E-state index contributed by atoms with van der Waals surface area (Å²) in [6, 6.07) is 15.2. The quantitative estimate of drug-likeness (QED) is 0.455. The molecule has 0 aliphatic heterocycles. The van der Waals surface area contributed by atoms with Crippen molar-refractivity contribution in [3.8, 4) is 28.7 Å². The first-order valence-corrected chi connectivity index (χ1v) is 10.00. The highest BCUT2D eigenvalue weighted by molar-refractivity contribution is 6.02. The highest BCUT2D eigenvalue weighted by atomic mass is 16.3. The van der Waals surface area contributed by atoms with Gasteiger partial charge in [0.05, 0.1) is 35.1 Å². The zero-order valence-electron chi connectivity index (χ0n) is 17.2. The lowest BCUT2D eigenvalue weighted by molar-refractivity contribution is 0.540. The lowest BCUT2D eigenvalue weighted by Gasteiger charge is -2.10. The molecule has 0 aliphatic rings. The number of nitrogens with two attached hydrogens (primary N) is 1. The van der Waals surface area contributed by atoms with Crippen molar-refractivity contribution < 1.29 is 4.42 Å². The Labute approximate surface area is 183 Å². The van der Waals surface area contributed by atoms with Crippen molar-refractivity contribution in [2.24, 2.45) is 0 Å². The Balaban J connectivity index is 1.71. The lowest BCUT2D eigenvalue weighted by atomic mass is 9.98. The number of fused-ring (bicyclic) bond motifs is 1. The van der Waals surface area contributed by atoms with Crippen LogP contribution in [0.1, 0.15) is 17.0 Å². The molecule has 0 saturated carbocycles. The van der Waals surface area contributed by atoms with Gasteiger partial charge in [-0.25, -0.2) is 9.97 Å². The Morgan fingerprint density at radius 3 is 2.62 bits per heavy atom. The third-order valence-corrected chi connectivity index (χ3v) is 5.17. The zero-order valence-corrected chi connectivity index (χ0v) is 17.2. The van der Waals surface area contributed by atoms with Crippen LogP contribution in [0.4, 0.5) is 5.82 Å². The molecule has 5 rings (SSSR count). The van der Waals surface area contributed by atoms with Crippen molar-refractivity contribution in [1.82, 2.24) is 29.9 Å². The molecule has 0 amide bonds. The van der Waals surface area contributed by atoms with Gasteiger partial charge in [-0.1, -0.05) is 24.3 Å². The molecule has 4 heterocycles. The average Bonchev–Trinajstić information content (AvgIpc) is 3.45. The van der Waals surface area contributed by atoms with Crippen LogP contribution in [0.2, 0.25) is 0 Å².